The first kappa shape index (κ1) is 15.8. The molecule has 0 radical (unpaired) electrons. The molecule has 0 saturated heterocycles. The van der Waals surface area contributed by atoms with E-state index in [2.05, 4.69) is 28.1 Å². The highest BCUT2D eigenvalue weighted by molar-refractivity contribution is 6.23. The van der Waals surface area contributed by atoms with Crippen LogP contribution >= 0.6 is 0 Å². The van der Waals surface area contributed by atoms with E-state index in [1.54, 1.807) is 6.92 Å². The fraction of sp³-hybridized carbons (Fsp3) is 0.333. The molecule has 0 heterocycles. The number of esters is 1. The quantitative estimate of drug-likeness (QED) is 0.260. The number of carbonyl (C=O) groups excluding carboxylic acids is 1. The van der Waals surface area contributed by atoms with Gasteiger partial charge in [-0.1, -0.05) is 30.4 Å². The number of nitrogens with one attached hydrogen (secondary N) is 1. The molecule has 0 atom stereocenters. The minimum atomic E-state index is -0.601. The second-order valence-corrected chi connectivity index (χ2v) is 4.16. The summed E-state index contributed by atoms with van der Waals surface area (Å²) in [5, 5.41) is 3.72. The molecule has 0 aliphatic rings. The first-order chi connectivity index (χ1) is 9.63. The standard InChI is InChI=1S/C15H18N2O3/c1-4-20-15(18)9-16-17-14-8-6-5-7-13(14)11-19-10-12(2)3/h5-8H,2,4,10-11H2,1,3H3/p+1. The van der Waals surface area contributed by atoms with Crippen LogP contribution in [0, 0.1) is 0 Å². The number of hydrogen-bond acceptors (Lipinski definition) is 5. The molecular weight excluding hydrogens is 256 g/mol. The van der Waals surface area contributed by atoms with Crippen molar-refractivity contribution in [3.8, 4) is 0 Å². The topological polar surface area (TPSA) is 59.9 Å². The van der Waals surface area contributed by atoms with Crippen LogP contribution < -0.4 is 5.43 Å². The first-order valence-corrected chi connectivity index (χ1v) is 6.32. The Labute approximate surface area is 119 Å². The van der Waals surface area contributed by atoms with Gasteiger partial charge in [0.05, 0.1) is 30.6 Å². The zero-order chi connectivity index (χ0) is 14.8. The number of ether oxygens (including phenoxy) is 2. The molecular formula is C15H19N2O3+. The average molecular weight is 275 g/mol. The lowest BCUT2D eigenvalue weighted by Gasteiger charge is -2.07. The van der Waals surface area contributed by atoms with Crippen LogP contribution in [-0.2, 0) is 20.9 Å². The van der Waals surface area contributed by atoms with Gasteiger partial charge in [-0.15, -0.1) is 0 Å². The lowest BCUT2D eigenvalue weighted by atomic mass is 10.2. The molecule has 106 valence electrons. The van der Waals surface area contributed by atoms with Gasteiger partial charge in [-0.05, 0) is 19.9 Å². The molecule has 0 spiro atoms. The number of para-hydroxylation sites is 1. The summed E-state index contributed by atoms with van der Waals surface area (Å²) in [6, 6.07) is 7.53. The molecule has 0 unspecified atom stereocenters. The third-order valence-corrected chi connectivity index (χ3v) is 2.22. The molecule has 0 aliphatic heterocycles. The van der Waals surface area contributed by atoms with Crippen LogP contribution in [-0.4, -0.2) is 25.4 Å². The highest BCUT2D eigenvalue weighted by Gasteiger charge is 2.15. The van der Waals surface area contributed by atoms with Crippen molar-refractivity contribution >= 4 is 17.9 Å². The van der Waals surface area contributed by atoms with Crippen molar-refractivity contribution < 1.29 is 14.3 Å². The Balaban J connectivity index is 2.56. The Bertz CT molecular complexity index is 484. The van der Waals surface area contributed by atoms with Crippen LogP contribution in [0.2, 0.25) is 0 Å². The maximum Gasteiger partial charge on any atom is 0.619 e. The van der Waals surface area contributed by atoms with E-state index in [0.717, 1.165) is 16.8 Å². The van der Waals surface area contributed by atoms with Crippen LogP contribution in [0.15, 0.2) is 41.5 Å². The van der Waals surface area contributed by atoms with E-state index in [1.807, 2.05) is 31.2 Å². The molecule has 0 aromatic heterocycles. The highest BCUT2D eigenvalue weighted by atomic mass is 16.5. The molecule has 0 aliphatic carbocycles. The molecule has 0 fully saturated rings. The molecule has 5 nitrogen and oxygen atoms in total. The molecule has 0 amide bonds. The van der Waals surface area contributed by atoms with Gasteiger partial charge in [-0.25, -0.2) is 5.43 Å². The van der Waals surface area contributed by atoms with Gasteiger partial charge < -0.3 is 9.47 Å². The van der Waals surface area contributed by atoms with Crippen molar-refractivity contribution in [2.24, 2.45) is 5.10 Å². The lowest BCUT2D eigenvalue weighted by molar-refractivity contribution is -0.134. The van der Waals surface area contributed by atoms with Crippen LogP contribution in [0.4, 0.5) is 5.69 Å². The summed E-state index contributed by atoms with van der Waals surface area (Å²) in [5.41, 5.74) is 5.40. The molecule has 20 heavy (non-hydrogen) atoms. The normalized spacial score (nSPS) is 10.1. The fourth-order valence-electron chi connectivity index (χ4n) is 1.39. The van der Waals surface area contributed by atoms with Crippen LogP contribution in [0.5, 0.6) is 0 Å². The highest BCUT2D eigenvalue weighted by Crippen LogP contribution is 2.16. The monoisotopic (exact) mass is 275 g/mol. The molecule has 1 rings (SSSR count). The third-order valence-electron chi connectivity index (χ3n) is 2.22. The van der Waals surface area contributed by atoms with Crippen molar-refractivity contribution in [1.82, 2.24) is 0 Å². The SMILES string of the molecule is C=C(C)COCc1ccccc1NN=[C+]C(=O)OCC. The van der Waals surface area contributed by atoms with Crippen LogP contribution in [0.1, 0.15) is 19.4 Å². The number of benzene rings is 1. The van der Waals surface area contributed by atoms with Gasteiger partial charge in [0.25, 0.3) is 0 Å². The van der Waals surface area contributed by atoms with E-state index in [1.165, 1.54) is 0 Å². The summed E-state index contributed by atoms with van der Waals surface area (Å²) in [6.07, 6.45) is 2.23. The van der Waals surface area contributed by atoms with Crippen molar-refractivity contribution in [2.45, 2.75) is 20.5 Å². The number of anilines is 1. The molecule has 5 heteroatoms. The molecule has 0 bridgehead atoms. The predicted octanol–water partition coefficient (Wildman–Crippen LogP) is 2.62. The second-order valence-electron chi connectivity index (χ2n) is 4.16. The Morgan fingerprint density at radius 2 is 2.20 bits per heavy atom. The van der Waals surface area contributed by atoms with E-state index < -0.39 is 5.97 Å². The zero-order valence-corrected chi connectivity index (χ0v) is 11.8. The average Bonchev–Trinajstić information content (AvgIpc) is 2.40. The summed E-state index contributed by atoms with van der Waals surface area (Å²) in [5.74, 6) is -0.601. The van der Waals surface area contributed by atoms with E-state index in [0.29, 0.717) is 19.8 Å². The minimum Gasteiger partial charge on any atom is -0.420 e. The van der Waals surface area contributed by atoms with Crippen molar-refractivity contribution in [3.63, 3.8) is 0 Å². The van der Waals surface area contributed by atoms with E-state index in [9.17, 15) is 4.79 Å². The third kappa shape index (κ3) is 6.09. The van der Waals surface area contributed by atoms with Gasteiger partial charge in [-0.2, -0.15) is 4.79 Å². The summed E-state index contributed by atoms with van der Waals surface area (Å²) < 4.78 is 10.2. The predicted molar refractivity (Wildman–Crippen MR) is 78.6 cm³/mol. The van der Waals surface area contributed by atoms with Crippen molar-refractivity contribution in [2.75, 3.05) is 18.6 Å². The molecule has 1 N–H and O–H groups in total. The van der Waals surface area contributed by atoms with Gasteiger partial charge in [0.2, 0.25) is 0 Å². The number of hydrazone groups is 1. The summed E-state index contributed by atoms with van der Waals surface area (Å²) in [4.78, 5) is 11.1. The van der Waals surface area contributed by atoms with Crippen molar-refractivity contribution in [1.29, 1.82) is 0 Å². The van der Waals surface area contributed by atoms with E-state index in [4.69, 9.17) is 4.74 Å². The molecule has 0 saturated carbocycles. The lowest BCUT2D eigenvalue weighted by Crippen LogP contribution is -2.07. The maximum absolute atomic E-state index is 11.1. The van der Waals surface area contributed by atoms with E-state index in [-0.39, 0.29) is 0 Å². The Kier molecular flexibility index (Phi) is 6.96. The van der Waals surface area contributed by atoms with Crippen LogP contribution in [0.25, 0.3) is 0 Å². The van der Waals surface area contributed by atoms with Gasteiger partial charge in [0.15, 0.2) is 0 Å². The fourth-order valence-corrected chi connectivity index (χ4v) is 1.39. The number of nitrogens with zero attached hydrogens (tertiary/aromatic N) is 1. The van der Waals surface area contributed by atoms with E-state index >= 15 is 0 Å². The van der Waals surface area contributed by atoms with Crippen LogP contribution in [0.3, 0.4) is 0 Å². The largest absolute Gasteiger partial charge is 0.619 e. The Morgan fingerprint density at radius 3 is 2.90 bits per heavy atom. The van der Waals surface area contributed by atoms with Gasteiger partial charge in [-0.3, -0.25) is 0 Å². The maximum atomic E-state index is 11.1. The van der Waals surface area contributed by atoms with Gasteiger partial charge in [0, 0.05) is 5.56 Å². The summed E-state index contributed by atoms with van der Waals surface area (Å²) >= 11 is 0. The zero-order valence-electron chi connectivity index (χ0n) is 11.8. The Morgan fingerprint density at radius 1 is 1.45 bits per heavy atom. The minimum absolute atomic E-state index is 0.298. The first-order valence-electron chi connectivity index (χ1n) is 6.32. The number of rotatable bonds is 8. The summed E-state index contributed by atoms with van der Waals surface area (Å²) in [7, 11) is 0. The van der Waals surface area contributed by atoms with Crippen molar-refractivity contribution in [3.05, 3.63) is 42.0 Å². The summed E-state index contributed by atoms with van der Waals surface area (Å²) in [6.45, 7) is 8.64. The second kappa shape index (κ2) is 8.80. The van der Waals surface area contributed by atoms with Gasteiger partial charge in [0.1, 0.15) is 0 Å². The molecule has 1 aromatic rings. The number of hydrogen-bond donors (Lipinski definition) is 1. The number of carbonyl (C=O) groups is 1. The van der Waals surface area contributed by atoms with Gasteiger partial charge >= 0.3 is 12.2 Å². The Hall–Kier alpha value is -2.23. The smallest absolute Gasteiger partial charge is 0.420 e. The molecule has 1 aromatic carbocycles.